The summed E-state index contributed by atoms with van der Waals surface area (Å²) in [5, 5.41) is 5.99. The fourth-order valence-electron chi connectivity index (χ4n) is 3.76. The zero-order valence-corrected chi connectivity index (χ0v) is 18.5. The second kappa shape index (κ2) is 8.34. The first kappa shape index (κ1) is 21.6. The lowest BCUT2D eigenvalue weighted by Crippen LogP contribution is -2.38. The zero-order chi connectivity index (χ0) is 22.1. The SMILES string of the molecule is CC(=O)Nc1ccccc1C1C=Cc2cc(C)c(C)cc2[C@H]1NC(=O)OC(C)(C)C. The number of aryl methyl sites for hydroxylation is 2. The molecule has 0 aromatic heterocycles. The molecule has 0 spiro atoms. The van der Waals surface area contributed by atoms with Gasteiger partial charge in [-0.3, -0.25) is 4.79 Å². The summed E-state index contributed by atoms with van der Waals surface area (Å²) in [4.78, 5) is 24.4. The van der Waals surface area contributed by atoms with E-state index in [1.54, 1.807) is 0 Å². The van der Waals surface area contributed by atoms with Crippen LogP contribution >= 0.6 is 0 Å². The molecule has 5 heteroatoms. The van der Waals surface area contributed by atoms with Crippen molar-refractivity contribution < 1.29 is 14.3 Å². The van der Waals surface area contributed by atoms with Crippen LogP contribution in [0.2, 0.25) is 0 Å². The number of carbonyl (C=O) groups excluding carboxylic acids is 2. The van der Waals surface area contributed by atoms with Gasteiger partial charge in [-0.15, -0.1) is 0 Å². The standard InChI is InChI=1S/C25H30N2O3/c1-15-13-18-11-12-20(19-9-7-8-10-22(19)26-17(3)28)23(21(18)14-16(15)2)27-24(29)30-25(4,5)6/h7-14,20,23H,1-6H3,(H,26,28)(H,27,29)/t20?,23-/m0/s1. The van der Waals surface area contributed by atoms with E-state index in [1.165, 1.54) is 12.5 Å². The average molecular weight is 407 g/mol. The van der Waals surface area contributed by atoms with Gasteiger partial charge < -0.3 is 15.4 Å². The quantitative estimate of drug-likeness (QED) is 0.693. The molecule has 30 heavy (non-hydrogen) atoms. The van der Waals surface area contributed by atoms with Gasteiger partial charge >= 0.3 is 6.09 Å². The second-order valence-electron chi connectivity index (χ2n) is 8.84. The van der Waals surface area contributed by atoms with Crippen molar-refractivity contribution in [1.82, 2.24) is 5.32 Å². The Bertz CT molecular complexity index is 1000. The Labute approximate surface area is 178 Å². The molecule has 0 saturated heterocycles. The highest BCUT2D eigenvalue weighted by molar-refractivity contribution is 5.90. The molecule has 3 rings (SSSR count). The van der Waals surface area contributed by atoms with Gasteiger partial charge in [0.05, 0.1) is 6.04 Å². The van der Waals surface area contributed by atoms with E-state index >= 15 is 0 Å². The number of para-hydroxylation sites is 1. The first-order valence-corrected chi connectivity index (χ1v) is 10.2. The normalized spacial score (nSPS) is 17.8. The van der Waals surface area contributed by atoms with Crippen LogP contribution in [-0.4, -0.2) is 17.6 Å². The van der Waals surface area contributed by atoms with E-state index in [1.807, 2.05) is 45.0 Å². The van der Waals surface area contributed by atoms with Gasteiger partial charge in [0.15, 0.2) is 0 Å². The molecule has 1 aliphatic rings. The summed E-state index contributed by atoms with van der Waals surface area (Å²) < 4.78 is 5.54. The van der Waals surface area contributed by atoms with Crippen LogP contribution in [0.1, 0.15) is 67.5 Å². The number of anilines is 1. The van der Waals surface area contributed by atoms with Gasteiger partial charge in [-0.1, -0.05) is 42.5 Å². The van der Waals surface area contributed by atoms with Crippen molar-refractivity contribution in [3.63, 3.8) is 0 Å². The van der Waals surface area contributed by atoms with Gasteiger partial charge in [-0.25, -0.2) is 4.79 Å². The second-order valence-corrected chi connectivity index (χ2v) is 8.84. The monoisotopic (exact) mass is 406 g/mol. The van der Waals surface area contributed by atoms with Crippen molar-refractivity contribution in [2.45, 2.75) is 59.1 Å². The maximum Gasteiger partial charge on any atom is 0.408 e. The van der Waals surface area contributed by atoms with Crippen LogP contribution in [0.5, 0.6) is 0 Å². The number of alkyl carbamates (subject to hydrolysis) is 1. The van der Waals surface area contributed by atoms with Crippen molar-refractivity contribution >= 4 is 23.8 Å². The summed E-state index contributed by atoms with van der Waals surface area (Å²) in [5.74, 6) is -0.291. The van der Waals surface area contributed by atoms with Crippen LogP contribution in [0.25, 0.3) is 6.08 Å². The van der Waals surface area contributed by atoms with Crippen LogP contribution in [0.4, 0.5) is 10.5 Å². The molecule has 1 aliphatic carbocycles. The molecule has 158 valence electrons. The first-order valence-electron chi connectivity index (χ1n) is 10.2. The number of ether oxygens (including phenoxy) is 1. The van der Waals surface area contributed by atoms with Crippen LogP contribution < -0.4 is 10.6 Å². The highest BCUT2D eigenvalue weighted by Crippen LogP contribution is 2.42. The van der Waals surface area contributed by atoms with Gasteiger partial charge in [0, 0.05) is 18.5 Å². The number of carbonyl (C=O) groups is 2. The number of benzene rings is 2. The predicted molar refractivity (Wildman–Crippen MR) is 121 cm³/mol. The van der Waals surface area contributed by atoms with Crippen LogP contribution in [0.15, 0.2) is 42.5 Å². The molecule has 0 bridgehead atoms. The van der Waals surface area contributed by atoms with E-state index in [0.717, 1.165) is 27.9 Å². The predicted octanol–water partition coefficient (Wildman–Crippen LogP) is 5.64. The van der Waals surface area contributed by atoms with Gasteiger partial charge in [-0.05, 0) is 68.5 Å². The van der Waals surface area contributed by atoms with Crippen molar-refractivity contribution in [2.24, 2.45) is 0 Å². The Morgan fingerprint density at radius 1 is 1.00 bits per heavy atom. The number of amides is 2. The summed E-state index contributed by atoms with van der Waals surface area (Å²) in [5.41, 5.74) is 5.56. The van der Waals surface area contributed by atoms with Crippen LogP contribution in [0.3, 0.4) is 0 Å². The topological polar surface area (TPSA) is 67.4 Å². The number of hydrogen-bond donors (Lipinski definition) is 2. The summed E-state index contributed by atoms with van der Waals surface area (Å²) in [7, 11) is 0. The summed E-state index contributed by atoms with van der Waals surface area (Å²) in [6.45, 7) is 11.2. The summed E-state index contributed by atoms with van der Waals surface area (Å²) in [6, 6.07) is 11.6. The molecule has 2 aromatic carbocycles. The Kier molecular flexibility index (Phi) is 6.01. The third-order valence-corrected chi connectivity index (χ3v) is 5.18. The minimum atomic E-state index is -0.593. The number of fused-ring (bicyclic) bond motifs is 1. The smallest absolute Gasteiger partial charge is 0.408 e. The molecule has 2 atom stereocenters. The summed E-state index contributed by atoms with van der Waals surface area (Å²) in [6.07, 6.45) is 3.71. The van der Waals surface area contributed by atoms with E-state index < -0.39 is 11.7 Å². The Hall–Kier alpha value is -3.08. The van der Waals surface area contributed by atoms with Crippen LogP contribution in [-0.2, 0) is 9.53 Å². The maximum atomic E-state index is 12.7. The third-order valence-electron chi connectivity index (χ3n) is 5.18. The van der Waals surface area contributed by atoms with Crippen molar-refractivity contribution in [1.29, 1.82) is 0 Å². The highest BCUT2D eigenvalue weighted by Gasteiger charge is 2.32. The first-order chi connectivity index (χ1) is 14.0. The van der Waals surface area contributed by atoms with E-state index in [-0.39, 0.29) is 17.9 Å². The largest absolute Gasteiger partial charge is 0.444 e. The van der Waals surface area contributed by atoms with E-state index in [0.29, 0.717) is 0 Å². The fraction of sp³-hybridized carbons (Fsp3) is 0.360. The fourth-order valence-corrected chi connectivity index (χ4v) is 3.76. The Balaban J connectivity index is 2.07. The van der Waals surface area contributed by atoms with Gasteiger partial charge in [-0.2, -0.15) is 0 Å². The minimum Gasteiger partial charge on any atom is -0.444 e. The minimum absolute atomic E-state index is 0.134. The van der Waals surface area contributed by atoms with Gasteiger partial charge in [0.25, 0.3) is 0 Å². The molecular weight excluding hydrogens is 376 g/mol. The molecule has 2 aromatic rings. The molecule has 0 saturated carbocycles. The zero-order valence-electron chi connectivity index (χ0n) is 18.5. The average Bonchev–Trinajstić information content (AvgIpc) is 2.62. The van der Waals surface area contributed by atoms with E-state index in [9.17, 15) is 9.59 Å². The number of rotatable bonds is 3. The highest BCUT2D eigenvalue weighted by atomic mass is 16.6. The van der Waals surface area contributed by atoms with E-state index in [2.05, 4.69) is 48.8 Å². The molecule has 0 aliphatic heterocycles. The number of hydrogen-bond acceptors (Lipinski definition) is 3. The lowest BCUT2D eigenvalue weighted by Gasteiger charge is -2.33. The van der Waals surface area contributed by atoms with Gasteiger partial charge in [0.1, 0.15) is 5.60 Å². The third kappa shape index (κ3) is 4.90. The lowest BCUT2D eigenvalue weighted by molar-refractivity contribution is -0.114. The van der Waals surface area contributed by atoms with Crippen LogP contribution in [0, 0.1) is 13.8 Å². The molecule has 5 nitrogen and oxygen atoms in total. The number of nitrogens with one attached hydrogen (secondary N) is 2. The molecule has 0 heterocycles. The molecule has 0 radical (unpaired) electrons. The maximum absolute atomic E-state index is 12.7. The molecular formula is C25H30N2O3. The van der Waals surface area contributed by atoms with Crippen molar-refractivity contribution in [2.75, 3.05) is 5.32 Å². The van der Waals surface area contributed by atoms with Gasteiger partial charge in [0.2, 0.25) is 5.91 Å². The molecule has 2 N–H and O–H groups in total. The molecule has 1 unspecified atom stereocenters. The summed E-state index contributed by atoms with van der Waals surface area (Å²) >= 11 is 0. The Morgan fingerprint density at radius 2 is 1.67 bits per heavy atom. The Morgan fingerprint density at radius 3 is 2.33 bits per heavy atom. The van der Waals surface area contributed by atoms with Crippen molar-refractivity contribution in [3.8, 4) is 0 Å². The van der Waals surface area contributed by atoms with E-state index in [4.69, 9.17) is 4.74 Å². The lowest BCUT2D eigenvalue weighted by atomic mass is 9.79. The molecule has 2 amide bonds. The van der Waals surface area contributed by atoms with Crippen molar-refractivity contribution in [3.05, 3.63) is 70.3 Å². The molecule has 0 fully saturated rings.